The molecule has 2 aromatic heterocycles. The molecule has 0 saturated carbocycles. The molecule has 0 bridgehead atoms. The van der Waals surface area contributed by atoms with E-state index in [1.165, 1.54) is 30.6 Å². The van der Waals surface area contributed by atoms with Crippen LogP contribution in [-0.4, -0.2) is 72.3 Å². The number of nitrogens with one attached hydrogen (secondary N) is 2. The number of carbonyl (C=O) groups excluding carboxylic acids is 1. The molecule has 0 aliphatic carbocycles. The molecule has 1 aliphatic heterocycles. The zero-order valence-corrected chi connectivity index (χ0v) is 22.7. The monoisotopic (exact) mass is 585 g/mol. The second-order valence-corrected chi connectivity index (χ2v) is 9.65. The van der Waals surface area contributed by atoms with Crippen LogP contribution in [0.1, 0.15) is 16.1 Å². The zero-order valence-electron chi connectivity index (χ0n) is 22.7. The molecule has 2 aromatic carbocycles. The van der Waals surface area contributed by atoms with Crippen LogP contribution in [0.25, 0.3) is 11.5 Å². The number of oxazole rings is 1. The number of carbonyl (C=O) groups is 1. The van der Waals surface area contributed by atoms with E-state index in [9.17, 15) is 22.4 Å². The summed E-state index contributed by atoms with van der Waals surface area (Å²) < 4.78 is 69.0. The van der Waals surface area contributed by atoms with Gasteiger partial charge in [0.15, 0.2) is 5.69 Å². The number of hydrogen-bond donors (Lipinski definition) is 2. The third-order valence-electron chi connectivity index (χ3n) is 6.81. The lowest BCUT2D eigenvalue weighted by molar-refractivity contribution is -0.138. The lowest BCUT2D eigenvalue weighted by Gasteiger charge is -2.42. The summed E-state index contributed by atoms with van der Waals surface area (Å²) in [5, 5.41) is 13.1. The van der Waals surface area contributed by atoms with Gasteiger partial charge in [-0.3, -0.25) is 9.69 Å². The summed E-state index contributed by atoms with van der Waals surface area (Å²) in [6.07, 6.45) is -0.934. The van der Waals surface area contributed by atoms with E-state index in [0.717, 1.165) is 24.5 Å². The van der Waals surface area contributed by atoms with Crippen LogP contribution in [0.4, 0.5) is 28.9 Å². The number of halogens is 4. The first-order valence-corrected chi connectivity index (χ1v) is 13.0. The molecule has 0 spiro atoms. The minimum absolute atomic E-state index is 0.0248. The number of aromatic nitrogens is 3. The first-order chi connectivity index (χ1) is 20.1. The number of benzene rings is 2. The summed E-state index contributed by atoms with van der Waals surface area (Å²) in [6, 6.07) is 8.62. The van der Waals surface area contributed by atoms with Crippen LogP contribution in [0, 0.1) is 5.82 Å². The van der Waals surface area contributed by atoms with Gasteiger partial charge in [0.1, 0.15) is 29.1 Å². The molecule has 1 saturated heterocycles. The van der Waals surface area contributed by atoms with Crippen molar-refractivity contribution in [3.63, 3.8) is 0 Å². The van der Waals surface area contributed by atoms with Gasteiger partial charge in [0.05, 0.1) is 29.3 Å². The summed E-state index contributed by atoms with van der Waals surface area (Å²) in [7, 11) is 3.67. The quantitative estimate of drug-likeness (QED) is 0.285. The Kier molecular flexibility index (Phi) is 8.36. The first-order valence-electron chi connectivity index (χ1n) is 13.0. The molecule has 1 aliphatic rings. The predicted octanol–water partition coefficient (Wildman–Crippen LogP) is 4.67. The normalized spacial score (nSPS) is 16.0. The predicted molar refractivity (Wildman–Crippen MR) is 146 cm³/mol. The van der Waals surface area contributed by atoms with Gasteiger partial charge in [-0.1, -0.05) is 0 Å². The van der Waals surface area contributed by atoms with Crippen molar-refractivity contribution < 1.29 is 31.5 Å². The van der Waals surface area contributed by atoms with Crippen LogP contribution in [0.2, 0.25) is 0 Å². The van der Waals surface area contributed by atoms with Crippen LogP contribution >= 0.6 is 0 Å². The number of ether oxygens (including phenoxy) is 1. The number of piperazine rings is 1. The minimum atomic E-state index is -4.87. The fraction of sp³-hybridized carbons (Fsp3) is 0.286. The van der Waals surface area contributed by atoms with E-state index in [0.29, 0.717) is 18.7 Å². The zero-order chi connectivity index (χ0) is 29.9. The van der Waals surface area contributed by atoms with Crippen molar-refractivity contribution in [3.8, 4) is 23.0 Å². The van der Waals surface area contributed by atoms with Crippen LogP contribution in [-0.2, 0) is 6.18 Å². The maximum absolute atomic E-state index is 14.8. The van der Waals surface area contributed by atoms with E-state index in [4.69, 9.17) is 9.15 Å². The highest BCUT2D eigenvalue weighted by molar-refractivity contribution is 6.05. The highest BCUT2D eigenvalue weighted by Crippen LogP contribution is 2.48. The number of anilines is 2. The van der Waals surface area contributed by atoms with E-state index in [1.807, 2.05) is 7.05 Å². The molecular formula is C28H27F4N7O3. The third kappa shape index (κ3) is 6.34. The fourth-order valence-electron chi connectivity index (χ4n) is 4.71. The van der Waals surface area contributed by atoms with Crippen LogP contribution in [0.3, 0.4) is 0 Å². The smallest absolute Gasteiger partial charge is 0.422 e. The molecule has 5 rings (SSSR count). The Hall–Kier alpha value is -4.56. The fourth-order valence-corrected chi connectivity index (χ4v) is 4.71. The average molecular weight is 586 g/mol. The van der Waals surface area contributed by atoms with Crippen molar-refractivity contribution >= 4 is 17.3 Å². The Bertz CT molecular complexity index is 1530. The van der Waals surface area contributed by atoms with Gasteiger partial charge in [-0.2, -0.15) is 23.4 Å². The van der Waals surface area contributed by atoms with Gasteiger partial charge in [0.25, 0.3) is 5.91 Å². The molecule has 1 fully saturated rings. The molecule has 2 N–H and O–H groups in total. The van der Waals surface area contributed by atoms with E-state index in [1.54, 1.807) is 18.0 Å². The molecule has 14 heteroatoms. The molecule has 0 radical (unpaired) electrons. The van der Waals surface area contributed by atoms with Gasteiger partial charge >= 0.3 is 6.18 Å². The maximum atomic E-state index is 14.8. The number of likely N-dealkylation sites (N-methyl/N-ethyl adjacent to an activating group) is 2. The molecule has 42 heavy (non-hydrogen) atoms. The first kappa shape index (κ1) is 29.0. The third-order valence-corrected chi connectivity index (χ3v) is 6.81. The second kappa shape index (κ2) is 12.1. The lowest BCUT2D eigenvalue weighted by Crippen LogP contribution is -2.55. The van der Waals surface area contributed by atoms with Crippen LogP contribution < -0.4 is 20.3 Å². The van der Waals surface area contributed by atoms with Gasteiger partial charge in [0.2, 0.25) is 5.89 Å². The molecular weight excluding hydrogens is 558 g/mol. The van der Waals surface area contributed by atoms with Crippen LogP contribution in [0.15, 0.2) is 65.5 Å². The van der Waals surface area contributed by atoms with Gasteiger partial charge in [0, 0.05) is 32.2 Å². The van der Waals surface area contributed by atoms with Gasteiger partial charge < -0.3 is 24.7 Å². The van der Waals surface area contributed by atoms with E-state index >= 15 is 0 Å². The average Bonchev–Trinajstić information content (AvgIpc) is 3.47. The van der Waals surface area contributed by atoms with Crippen LogP contribution in [0.5, 0.6) is 11.5 Å². The van der Waals surface area contributed by atoms with E-state index in [2.05, 4.69) is 30.7 Å². The molecule has 4 aromatic rings. The minimum Gasteiger partial charge on any atom is -0.457 e. The standard InChI is InChI=1S/C28H27F4N7O3/c1-33-14-19-15-39(12-11-38(19)2)25-21(36-26(40)22-16-41-27(37-22)17-9-10-34-35-13-17)7-8-23(24(25)28(30,31)32)42-20-5-3-18(29)4-6-20/h3-10,13,16,19,33H,11-12,14-15H2,1-2H3,(H,36,40)/t19-/m0/s1. The highest BCUT2D eigenvalue weighted by Gasteiger charge is 2.42. The largest absolute Gasteiger partial charge is 0.457 e. The summed E-state index contributed by atoms with van der Waals surface area (Å²) in [5.41, 5.74) is -1.06. The van der Waals surface area contributed by atoms with Crippen molar-refractivity contribution in [2.24, 2.45) is 0 Å². The number of rotatable bonds is 8. The van der Waals surface area contributed by atoms with Crippen molar-refractivity contribution in [2.45, 2.75) is 12.2 Å². The molecule has 3 heterocycles. The van der Waals surface area contributed by atoms with Gasteiger partial charge in [-0.25, -0.2) is 9.37 Å². The summed E-state index contributed by atoms with van der Waals surface area (Å²) in [4.78, 5) is 21.0. The van der Waals surface area contributed by atoms with E-state index < -0.39 is 29.2 Å². The highest BCUT2D eigenvalue weighted by atomic mass is 19.4. The maximum Gasteiger partial charge on any atom is 0.422 e. The SMILES string of the molecule is CNC[C@H]1CN(c2c(NC(=O)c3coc(-c4ccnnc4)n3)ccc(Oc3ccc(F)cc3)c2C(F)(F)F)CCN1C. The molecule has 220 valence electrons. The number of amides is 1. The number of nitrogens with zero attached hydrogens (tertiary/aromatic N) is 5. The second-order valence-electron chi connectivity index (χ2n) is 9.65. The summed E-state index contributed by atoms with van der Waals surface area (Å²) in [6.45, 7) is 1.51. The molecule has 1 atom stereocenters. The van der Waals surface area contributed by atoms with Crippen molar-refractivity contribution in [3.05, 3.63) is 78.2 Å². The Morgan fingerprint density at radius 2 is 1.90 bits per heavy atom. The van der Waals surface area contributed by atoms with Crippen molar-refractivity contribution in [1.29, 1.82) is 0 Å². The number of hydrogen-bond acceptors (Lipinski definition) is 9. The Balaban J connectivity index is 1.56. The topological polar surface area (TPSA) is 109 Å². The Labute approximate surface area is 238 Å². The van der Waals surface area contributed by atoms with E-state index in [-0.39, 0.29) is 47.8 Å². The summed E-state index contributed by atoms with van der Waals surface area (Å²) in [5.74, 6) is -1.68. The Morgan fingerprint density at radius 3 is 2.60 bits per heavy atom. The Morgan fingerprint density at radius 1 is 1.12 bits per heavy atom. The lowest BCUT2D eigenvalue weighted by atomic mass is 10.0. The van der Waals surface area contributed by atoms with Gasteiger partial charge in [-0.15, -0.1) is 0 Å². The molecule has 10 nitrogen and oxygen atoms in total. The van der Waals surface area contributed by atoms with Gasteiger partial charge in [-0.05, 0) is 56.6 Å². The van der Waals surface area contributed by atoms with Crippen molar-refractivity contribution in [2.75, 3.05) is 50.5 Å². The molecule has 0 unspecified atom stereocenters. The van der Waals surface area contributed by atoms with Crippen molar-refractivity contribution in [1.82, 2.24) is 25.4 Å². The number of alkyl halides is 3. The molecule has 1 amide bonds. The summed E-state index contributed by atoms with van der Waals surface area (Å²) >= 11 is 0.